The van der Waals surface area contributed by atoms with E-state index in [0.29, 0.717) is 57.1 Å². The average Bonchev–Trinajstić information content (AvgIpc) is 3.30. The number of alkyl halides is 3. The Morgan fingerprint density at radius 3 is 2.50 bits per heavy atom. The highest BCUT2D eigenvalue weighted by Crippen LogP contribution is 2.34. The minimum Gasteiger partial charge on any atom is -0.467 e. The molecule has 1 saturated heterocycles. The van der Waals surface area contributed by atoms with Gasteiger partial charge in [-0.15, -0.1) is 0 Å². The molecule has 0 bridgehead atoms. The number of rotatable bonds is 7. The molecule has 3 aromatic rings. The molecule has 0 atom stereocenters. The standard InChI is InChI=1S/C25H28F3N5O3S2/c1-2-13-38(34,35)33-11-5-17(6-12-33)18-3-4-21-22(14-18)37-24(31-21)36-20-7-9-32(10-8-20)23-29-15-19(16-30-23)25(26,27)28/h3-5,14-16,20H,2,6-13H2,1H3. The maximum Gasteiger partial charge on any atom is 0.419 e. The number of hydrogen-bond acceptors (Lipinski definition) is 8. The van der Waals surface area contributed by atoms with E-state index in [1.165, 1.54) is 11.3 Å². The van der Waals surface area contributed by atoms with Crippen LogP contribution in [0.4, 0.5) is 19.1 Å². The van der Waals surface area contributed by atoms with Crippen molar-refractivity contribution in [3.8, 4) is 5.19 Å². The first-order valence-corrected chi connectivity index (χ1v) is 14.9. The summed E-state index contributed by atoms with van der Waals surface area (Å²) < 4.78 is 71.6. The molecule has 0 aliphatic carbocycles. The molecule has 2 aromatic heterocycles. The number of benzene rings is 1. The van der Waals surface area contributed by atoms with Gasteiger partial charge in [0.2, 0.25) is 16.0 Å². The lowest BCUT2D eigenvalue weighted by atomic mass is 10.0. The van der Waals surface area contributed by atoms with E-state index in [2.05, 4.69) is 21.0 Å². The van der Waals surface area contributed by atoms with Crippen LogP contribution >= 0.6 is 11.3 Å². The van der Waals surface area contributed by atoms with Gasteiger partial charge in [0, 0.05) is 51.4 Å². The van der Waals surface area contributed by atoms with Crippen LogP contribution in [0.1, 0.15) is 43.7 Å². The molecule has 0 unspecified atom stereocenters. The molecule has 1 aromatic carbocycles. The predicted octanol–water partition coefficient (Wildman–Crippen LogP) is 4.98. The number of halogens is 3. The van der Waals surface area contributed by atoms with Crippen molar-refractivity contribution in [1.82, 2.24) is 19.3 Å². The van der Waals surface area contributed by atoms with E-state index < -0.39 is 21.8 Å². The van der Waals surface area contributed by atoms with E-state index in [1.54, 1.807) is 4.31 Å². The van der Waals surface area contributed by atoms with Crippen molar-refractivity contribution in [2.24, 2.45) is 0 Å². The van der Waals surface area contributed by atoms with E-state index >= 15 is 0 Å². The zero-order valence-electron chi connectivity index (χ0n) is 20.8. The first kappa shape index (κ1) is 26.8. The number of anilines is 1. The maximum absolute atomic E-state index is 12.8. The van der Waals surface area contributed by atoms with E-state index in [1.807, 2.05) is 30.0 Å². The fraction of sp³-hybridized carbons (Fsp3) is 0.480. The third-order valence-corrected chi connectivity index (χ3v) is 9.68. The highest BCUT2D eigenvalue weighted by molar-refractivity contribution is 7.89. The van der Waals surface area contributed by atoms with Gasteiger partial charge in [-0.25, -0.2) is 23.4 Å². The molecule has 0 spiro atoms. The molecule has 4 heterocycles. The predicted molar refractivity (Wildman–Crippen MR) is 141 cm³/mol. The smallest absolute Gasteiger partial charge is 0.419 e. The lowest BCUT2D eigenvalue weighted by Gasteiger charge is -2.31. The molecular formula is C25H28F3N5O3S2. The number of piperidine rings is 1. The SMILES string of the molecule is CCCS(=O)(=O)N1CC=C(c2ccc3nc(OC4CCN(c5ncc(C(F)(F)F)cn5)CC4)sc3c2)CC1. The zero-order valence-corrected chi connectivity index (χ0v) is 22.4. The van der Waals surface area contributed by atoms with Crippen molar-refractivity contribution in [2.45, 2.75) is 44.9 Å². The van der Waals surface area contributed by atoms with Gasteiger partial charge in [-0.2, -0.15) is 17.5 Å². The van der Waals surface area contributed by atoms with E-state index in [4.69, 9.17) is 4.74 Å². The molecule has 5 rings (SSSR count). The molecular weight excluding hydrogens is 539 g/mol. The van der Waals surface area contributed by atoms with Gasteiger partial charge < -0.3 is 9.64 Å². The lowest BCUT2D eigenvalue weighted by Crippen LogP contribution is -2.39. The third kappa shape index (κ3) is 5.94. The summed E-state index contributed by atoms with van der Waals surface area (Å²) in [5.41, 5.74) is 2.17. The van der Waals surface area contributed by atoms with E-state index in [0.717, 1.165) is 33.7 Å². The topological polar surface area (TPSA) is 88.5 Å². The second kappa shape index (κ2) is 10.8. The Morgan fingerprint density at radius 2 is 1.87 bits per heavy atom. The van der Waals surface area contributed by atoms with Gasteiger partial charge in [-0.1, -0.05) is 30.4 Å². The second-order valence-corrected chi connectivity index (χ2v) is 12.5. The fourth-order valence-electron chi connectivity index (χ4n) is 4.65. The van der Waals surface area contributed by atoms with Gasteiger partial charge in [0.25, 0.3) is 5.19 Å². The largest absolute Gasteiger partial charge is 0.467 e. The quantitative estimate of drug-likeness (QED) is 0.398. The van der Waals surface area contributed by atoms with Crippen LogP contribution in [0.15, 0.2) is 36.7 Å². The van der Waals surface area contributed by atoms with Crippen LogP contribution in [0.5, 0.6) is 5.19 Å². The van der Waals surface area contributed by atoms with E-state index in [-0.39, 0.29) is 17.8 Å². The zero-order chi connectivity index (χ0) is 26.9. The van der Waals surface area contributed by atoms with Gasteiger partial charge in [-0.3, -0.25) is 0 Å². The summed E-state index contributed by atoms with van der Waals surface area (Å²) in [5, 5.41) is 0.579. The Morgan fingerprint density at radius 1 is 1.13 bits per heavy atom. The van der Waals surface area contributed by atoms with E-state index in [9.17, 15) is 21.6 Å². The van der Waals surface area contributed by atoms with Crippen LogP contribution in [0.3, 0.4) is 0 Å². The highest BCUT2D eigenvalue weighted by Gasteiger charge is 2.32. The van der Waals surface area contributed by atoms with Crippen molar-refractivity contribution in [3.05, 3.63) is 47.8 Å². The Bertz CT molecular complexity index is 1420. The summed E-state index contributed by atoms with van der Waals surface area (Å²) in [5.74, 6) is 0.459. The summed E-state index contributed by atoms with van der Waals surface area (Å²) in [6, 6.07) is 6.04. The van der Waals surface area contributed by atoms with Crippen molar-refractivity contribution < 1.29 is 26.3 Å². The molecule has 38 heavy (non-hydrogen) atoms. The summed E-state index contributed by atoms with van der Waals surface area (Å²) >= 11 is 1.47. The van der Waals surface area contributed by atoms with Crippen LogP contribution in [0.25, 0.3) is 15.8 Å². The minimum atomic E-state index is -4.45. The first-order valence-electron chi connectivity index (χ1n) is 12.5. The van der Waals surface area contributed by atoms with Crippen LogP contribution in [-0.4, -0.2) is 65.7 Å². The Hall–Kier alpha value is -2.77. The molecule has 204 valence electrons. The summed E-state index contributed by atoms with van der Waals surface area (Å²) in [7, 11) is -3.20. The molecule has 2 aliphatic heterocycles. The van der Waals surface area contributed by atoms with Gasteiger partial charge in [0.15, 0.2) is 0 Å². The average molecular weight is 568 g/mol. The molecule has 0 saturated carbocycles. The number of nitrogens with zero attached hydrogens (tertiary/aromatic N) is 5. The molecule has 1 fully saturated rings. The molecule has 2 aliphatic rings. The first-order chi connectivity index (χ1) is 18.1. The number of hydrogen-bond donors (Lipinski definition) is 0. The molecule has 0 N–H and O–H groups in total. The van der Waals surface area contributed by atoms with Gasteiger partial charge in [0.05, 0.1) is 21.5 Å². The van der Waals surface area contributed by atoms with Crippen LogP contribution < -0.4 is 9.64 Å². The van der Waals surface area contributed by atoms with Crippen molar-refractivity contribution in [2.75, 3.05) is 36.8 Å². The van der Waals surface area contributed by atoms with Crippen molar-refractivity contribution in [3.63, 3.8) is 0 Å². The molecule has 13 heteroatoms. The maximum atomic E-state index is 12.8. The lowest BCUT2D eigenvalue weighted by molar-refractivity contribution is -0.138. The summed E-state index contributed by atoms with van der Waals surface area (Å²) in [4.78, 5) is 14.2. The van der Waals surface area contributed by atoms with Crippen LogP contribution in [0.2, 0.25) is 0 Å². The second-order valence-electron chi connectivity index (χ2n) is 9.39. The van der Waals surface area contributed by atoms with Gasteiger partial charge in [0.1, 0.15) is 6.10 Å². The van der Waals surface area contributed by atoms with Gasteiger partial charge >= 0.3 is 6.18 Å². The molecule has 8 nitrogen and oxygen atoms in total. The number of ether oxygens (including phenoxy) is 1. The van der Waals surface area contributed by atoms with Crippen LogP contribution in [0, 0.1) is 0 Å². The number of thiazole rings is 1. The highest BCUT2D eigenvalue weighted by atomic mass is 32.2. The molecule has 0 radical (unpaired) electrons. The third-order valence-electron chi connectivity index (χ3n) is 6.72. The minimum absolute atomic E-state index is 0.0576. The Kier molecular flexibility index (Phi) is 7.60. The Labute approximate surface area is 223 Å². The summed E-state index contributed by atoms with van der Waals surface area (Å²) in [6.07, 6.45) is 1.73. The Balaban J connectivity index is 1.19. The number of fused-ring (bicyclic) bond motifs is 1. The number of sulfonamides is 1. The molecule has 0 amide bonds. The summed E-state index contributed by atoms with van der Waals surface area (Å²) in [6.45, 7) is 3.89. The fourth-order valence-corrected chi connectivity index (χ4v) is 7.02. The van der Waals surface area contributed by atoms with Gasteiger partial charge in [-0.05, 0) is 36.1 Å². The normalized spacial score (nSPS) is 18.1. The number of aromatic nitrogens is 3. The monoisotopic (exact) mass is 567 g/mol. The van der Waals surface area contributed by atoms with Crippen LogP contribution in [-0.2, 0) is 16.2 Å². The van der Waals surface area contributed by atoms with Crippen molar-refractivity contribution in [1.29, 1.82) is 0 Å². The van der Waals surface area contributed by atoms with Crippen molar-refractivity contribution >= 4 is 43.1 Å².